The number of rotatable bonds is 4. The van der Waals surface area contributed by atoms with E-state index in [0.29, 0.717) is 16.5 Å². The van der Waals surface area contributed by atoms with E-state index >= 15 is 0 Å². The molecule has 1 aromatic heterocycles. The Labute approximate surface area is 144 Å². The average molecular weight is 349 g/mol. The highest BCUT2D eigenvalue weighted by Gasteiger charge is 2.38. The fraction of sp³-hybridized carbons (Fsp3) is 0.235. The van der Waals surface area contributed by atoms with E-state index in [4.69, 9.17) is 23.2 Å². The highest BCUT2D eigenvalue weighted by molar-refractivity contribution is 6.34. The van der Waals surface area contributed by atoms with Gasteiger partial charge in [-0.3, -0.25) is 19.5 Å². The summed E-state index contributed by atoms with van der Waals surface area (Å²) in [6, 6.07) is 8.82. The lowest BCUT2D eigenvalue weighted by atomic mass is 9.98. The Morgan fingerprint density at radius 2 is 1.87 bits per heavy atom. The molecule has 0 saturated carbocycles. The molecule has 1 fully saturated rings. The van der Waals surface area contributed by atoms with Gasteiger partial charge >= 0.3 is 0 Å². The van der Waals surface area contributed by atoms with Gasteiger partial charge in [-0.1, -0.05) is 29.3 Å². The molecule has 4 nitrogen and oxygen atoms in total. The van der Waals surface area contributed by atoms with Crippen LogP contribution in [0, 0.1) is 5.92 Å². The van der Waals surface area contributed by atoms with E-state index in [9.17, 15) is 9.59 Å². The average Bonchev–Trinajstić information content (AvgIpc) is 2.75. The van der Waals surface area contributed by atoms with Crippen LogP contribution in [0.3, 0.4) is 0 Å². The Morgan fingerprint density at radius 1 is 1.13 bits per heavy atom. The number of benzene rings is 1. The third kappa shape index (κ3) is 3.71. The summed E-state index contributed by atoms with van der Waals surface area (Å²) in [6.45, 7) is 0.262. The van der Waals surface area contributed by atoms with Crippen molar-refractivity contribution < 1.29 is 9.59 Å². The summed E-state index contributed by atoms with van der Waals surface area (Å²) in [5.41, 5.74) is 1.69. The minimum Gasteiger partial charge on any atom is -0.278 e. The summed E-state index contributed by atoms with van der Waals surface area (Å²) in [6.07, 6.45) is 3.98. The second-order valence-corrected chi connectivity index (χ2v) is 6.44. The number of imide groups is 1. The highest BCUT2D eigenvalue weighted by atomic mass is 35.5. The van der Waals surface area contributed by atoms with E-state index in [1.807, 2.05) is 6.07 Å². The van der Waals surface area contributed by atoms with E-state index in [0.717, 1.165) is 11.1 Å². The summed E-state index contributed by atoms with van der Waals surface area (Å²) in [5, 5.41) is 1.05. The smallest absolute Gasteiger partial charge is 0.233 e. The second kappa shape index (κ2) is 6.69. The number of amides is 2. The van der Waals surface area contributed by atoms with Gasteiger partial charge < -0.3 is 0 Å². The number of hydrogen-bond donors (Lipinski definition) is 0. The normalized spacial score (nSPS) is 17.8. The van der Waals surface area contributed by atoms with Gasteiger partial charge in [0.25, 0.3) is 0 Å². The van der Waals surface area contributed by atoms with Crippen molar-refractivity contribution in [2.45, 2.75) is 19.4 Å². The fourth-order valence-corrected chi connectivity index (χ4v) is 3.34. The monoisotopic (exact) mass is 348 g/mol. The molecule has 1 aromatic carbocycles. The second-order valence-electron chi connectivity index (χ2n) is 5.56. The topological polar surface area (TPSA) is 50.3 Å². The zero-order chi connectivity index (χ0) is 16.4. The molecule has 2 heterocycles. The van der Waals surface area contributed by atoms with Crippen LogP contribution in [-0.2, 0) is 22.6 Å². The molecule has 23 heavy (non-hydrogen) atoms. The van der Waals surface area contributed by atoms with Gasteiger partial charge in [0.15, 0.2) is 0 Å². The molecule has 1 aliphatic rings. The number of aromatic nitrogens is 1. The molecule has 1 unspecified atom stereocenters. The van der Waals surface area contributed by atoms with Crippen LogP contribution in [0.1, 0.15) is 17.5 Å². The van der Waals surface area contributed by atoms with Gasteiger partial charge in [0.1, 0.15) is 0 Å². The predicted octanol–water partition coefficient (Wildman–Crippen LogP) is 3.51. The van der Waals surface area contributed by atoms with Crippen molar-refractivity contribution in [3.05, 3.63) is 63.9 Å². The summed E-state index contributed by atoms with van der Waals surface area (Å²) >= 11 is 12.0. The lowest BCUT2D eigenvalue weighted by Gasteiger charge is -2.15. The maximum absolute atomic E-state index is 12.5. The standard InChI is InChI=1S/C17H14Cl2N2O2/c18-14-5-12(6-15(19)8-14)4-13-7-16(22)21(17(13)23)10-11-2-1-3-20-9-11/h1-3,5-6,8-9,13H,4,7,10H2. The molecule has 2 aromatic rings. The molecule has 6 heteroatoms. The number of carbonyl (C=O) groups is 2. The molecule has 118 valence electrons. The van der Waals surface area contributed by atoms with E-state index in [1.54, 1.807) is 36.7 Å². The number of nitrogens with zero attached hydrogens (tertiary/aromatic N) is 2. The molecule has 3 rings (SSSR count). The highest BCUT2D eigenvalue weighted by Crippen LogP contribution is 2.27. The first kappa shape index (κ1) is 16.0. The lowest BCUT2D eigenvalue weighted by Crippen LogP contribution is -2.30. The number of carbonyl (C=O) groups excluding carboxylic acids is 2. The van der Waals surface area contributed by atoms with Gasteiger partial charge in [-0.2, -0.15) is 0 Å². The summed E-state index contributed by atoms with van der Waals surface area (Å²) < 4.78 is 0. The third-order valence-electron chi connectivity index (χ3n) is 3.81. The number of likely N-dealkylation sites (tertiary alicyclic amines) is 1. The molecule has 1 saturated heterocycles. The number of hydrogen-bond acceptors (Lipinski definition) is 3. The molecule has 1 atom stereocenters. The van der Waals surface area contributed by atoms with Crippen LogP contribution in [0.4, 0.5) is 0 Å². The van der Waals surface area contributed by atoms with Crippen molar-refractivity contribution in [1.82, 2.24) is 9.88 Å². The molecular weight excluding hydrogens is 335 g/mol. The summed E-state index contributed by atoms with van der Waals surface area (Å²) in [7, 11) is 0. The van der Waals surface area contributed by atoms with Gasteiger partial charge in [-0.25, -0.2) is 0 Å². The van der Waals surface area contributed by atoms with Gasteiger partial charge in [-0.05, 0) is 41.8 Å². The Balaban J connectivity index is 1.73. The van der Waals surface area contributed by atoms with Crippen LogP contribution in [0.5, 0.6) is 0 Å². The zero-order valence-electron chi connectivity index (χ0n) is 12.2. The molecule has 0 radical (unpaired) electrons. The Morgan fingerprint density at radius 3 is 2.52 bits per heavy atom. The largest absolute Gasteiger partial charge is 0.278 e. The van der Waals surface area contributed by atoms with Crippen molar-refractivity contribution in [3.8, 4) is 0 Å². The first-order chi connectivity index (χ1) is 11.0. The van der Waals surface area contributed by atoms with E-state index < -0.39 is 0 Å². The third-order valence-corrected chi connectivity index (χ3v) is 4.24. The number of halogens is 2. The van der Waals surface area contributed by atoms with Crippen molar-refractivity contribution >= 4 is 35.0 Å². The molecule has 0 aliphatic carbocycles. The van der Waals surface area contributed by atoms with Crippen LogP contribution in [0.25, 0.3) is 0 Å². The zero-order valence-corrected chi connectivity index (χ0v) is 13.7. The Hall–Kier alpha value is -1.91. The van der Waals surface area contributed by atoms with E-state index in [2.05, 4.69) is 4.98 Å². The predicted molar refractivity (Wildman–Crippen MR) is 88.1 cm³/mol. The van der Waals surface area contributed by atoms with Gasteiger partial charge in [0, 0.05) is 28.9 Å². The van der Waals surface area contributed by atoms with Crippen LogP contribution in [0.2, 0.25) is 10.0 Å². The maximum atomic E-state index is 12.5. The van der Waals surface area contributed by atoms with Crippen LogP contribution < -0.4 is 0 Å². The first-order valence-electron chi connectivity index (χ1n) is 7.21. The minimum atomic E-state index is -0.367. The van der Waals surface area contributed by atoms with Crippen LogP contribution >= 0.6 is 23.2 Å². The van der Waals surface area contributed by atoms with Gasteiger partial charge in [0.05, 0.1) is 12.5 Å². The Bertz CT molecular complexity index is 729. The molecule has 0 spiro atoms. The quantitative estimate of drug-likeness (QED) is 0.794. The Kier molecular flexibility index (Phi) is 4.64. The van der Waals surface area contributed by atoms with E-state index in [1.165, 1.54) is 4.90 Å². The van der Waals surface area contributed by atoms with Gasteiger partial charge in [0.2, 0.25) is 11.8 Å². The van der Waals surface area contributed by atoms with Crippen molar-refractivity contribution in [2.24, 2.45) is 5.92 Å². The van der Waals surface area contributed by atoms with Crippen molar-refractivity contribution in [1.29, 1.82) is 0 Å². The summed E-state index contributed by atoms with van der Waals surface area (Å²) in [5.74, 6) is -0.680. The minimum absolute atomic E-state index is 0.156. The molecule has 2 amide bonds. The SMILES string of the molecule is O=C1CC(Cc2cc(Cl)cc(Cl)c2)C(=O)N1Cc1cccnc1. The maximum Gasteiger partial charge on any atom is 0.233 e. The molecule has 1 aliphatic heterocycles. The molecular formula is C17H14Cl2N2O2. The van der Waals surface area contributed by atoms with Crippen LogP contribution in [0.15, 0.2) is 42.7 Å². The van der Waals surface area contributed by atoms with Gasteiger partial charge in [-0.15, -0.1) is 0 Å². The molecule has 0 bridgehead atoms. The van der Waals surface area contributed by atoms with Crippen LogP contribution in [-0.4, -0.2) is 21.7 Å². The summed E-state index contributed by atoms with van der Waals surface area (Å²) in [4.78, 5) is 30.0. The number of pyridine rings is 1. The first-order valence-corrected chi connectivity index (χ1v) is 7.96. The van der Waals surface area contributed by atoms with Crippen molar-refractivity contribution in [3.63, 3.8) is 0 Å². The van der Waals surface area contributed by atoms with E-state index in [-0.39, 0.29) is 30.7 Å². The lowest BCUT2D eigenvalue weighted by molar-refractivity contribution is -0.140. The molecule has 0 N–H and O–H groups in total. The van der Waals surface area contributed by atoms with Crippen molar-refractivity contribution in [2.75, 3.05) is 0 Å². The fourth-order valence-electron chi connectivity index (χ4n) is 2.76.